The van der Waals surface area contributed by atoms with Gasteiger partial charge in [-0.1, -0.05) is 29.8 Å². The summed E-state index contributed by atoms with van der Waals surface area (Å²) < 4.78 is 6.67. The third-order valence-corrected chi connectivity index (χ3v) is 3.22. The van der Waals surface area contributed by atoms with E-state index >= 15 is 0 Å². The van der Waals surface area contributed by atoms with Gasteiger partial charge in [-0.2, -0.15) is 0 Å². The Labute approximate surface area is 113 Å². The Kier molecular flexibility index (Phi) is 6.00. The molecule has 0 aromatic heterocycles. The summed E-state index contributed by atoms with van der Waals surface area (Å²) in [6.07, 6.45) is 2.13. The van der Waals surface area contributed by atoms with Crippen LogP contribution in [0, 0.1) is 5.92 Å². The zero-order valence-corrected chi connectivity index (χ0v) is 12.5. The molecule has 0 aliphatic heterocycles. The van der Waals surface area contributed by atoms with Crippen LogP contribution in [0.3, 0.4) is 0 Å². The summed E-state index contributed by atoms with van der Waals surface area (Å²) in [5.41, 5.74) is 7.34. The molecule has 96 valence electrons. The lowest BCUT2D eigenvalue weighted by molar-refractivity contribution is 0.332. The first-order valence-corrected chi connectivity index (χ1v) is 7.01. The van der Waals surface area contributed by atoms with E-state index in [-0.39, 0.29) is 6.04 Å². The molecule has 2 N–H and O–H groups in total. The minimum atomic E-state index is 0.0523. The number of nitrogens with two attached hydrogens (primary N) is 1. The first-order chi connectivity index (χ1) is 8.04. The average Bonchev–Trinajstić information content (AvgIpc) is 2.28. The fourth-order valence-corrected chi connectivity index (χ4v) is 2.14. The van der Waals surface area contributed by atoms with Crippen molar-refractivity contribution in [1.82, 2.24) is 0 Å². The number of hydrogen-bond acceptors (Lipinski definition) is 2. The monoisotopic (exact) mass is 299 g/mol. The fourth-order valence-electron chi connectivity index (χ4n) is 1.76. The van der Waals surface area contributed by atoms with Crippen LogP contribution in [-0.4, -0.2) is 6.61 Å². The minimum Gasteiger partial charge on any atom is -0.494 e. The van der Waals surface area contributed by atoms with Crippen molar-refractivity contribution in [2.45, 2.75) is 39.7 Å². The second-order valence-electron chi connectivity index (χ2n) is 4.69. The molecule has 0 radical (unpaired) electrons. The van der Waals surface area contributed by atoms with Gasteiger partial charge in [-0.15, -0.1) is 0 Å². The van der Waals surface area contributed by atoms with Gasteiger partial charge in [0.05, 0.1) is 6.61 Å². The van der Waals surface area contributed by atoms with Crippen LogP contribution in [0.25, 0.3) is 0 Å². The van der Waals surface area contributed by atoms with E-state index < -0.39 is 0 Å². The summed E-state index contributed by atoms with van der Waals surface area (Å²) in [6.45, 7) is 7.10. The van der Waals surface area contributed by atoms with Gasteiger partial charge in [-0.05, 0) is 43.9 Å². The van der Waals surface area contributed by atoms with Crippen molar-refractivity contribution in [3.8, 4) is 5.75 Å². The second kappa shape index (κ2) is 7.02. The molecule has 0 aliphatic rings. The summed E-state index contributed by atoms with van der Waals surface area (Å²) in [6, 6.07) is 6.09. The molecule has 17 heavy (non-hydrogen) atoms. The van der Waals surface area contributed by atoms with Gasteiger partial charge in [-0.3, -0.25) is 0 Å². The number of halogens is 1. The van der Waals surface area contributed by atoms with Crippen LogP contribution in [0.1, 0.15) is 45.2 Å². The smallest absolute Gasteiger partial charge is 0.124 e. The van der Waals surface area contributed by atoms with Gasteiger partial charge >= 0.3 is 0 Å². The van der Waals surface area contributed by atoms with Crippen molar-refractivity contribution in [2.24, 2.45) is 11.7 Å². The molecule has 1 aromatic rings. The SMILES string of the molecule is CCOc1ccc(Br)cc1[C@@H](N)CCC(C)C. The van der Waals surface area contributed by atoms with E-state index in [2.05, 4.69) is 35.8 Å². The molecule has 0 spiro atoms. The molecule has 0 fully saturated rings. The number of ether oxygens (including phenoxy) is 1. The molecule has 0 aliphatic carbocycles. The van der Waals surface area contributed by atoms with Crippen LogP contribution >= 0.6 is 15.9 Å². The zero-order valence-electron chi connectivity index (χ0n) is 10.9. The molecule has 0 heterocycles. The molecule has 1 rings (SSSR count). The van der Waals surface area contributed by atoms with Gasteiger partial charge < -0.3 is 10.5 Å². The zero-order chi connectivity index (χ0) is 12.8. The van der Waals surface area contributed by atoms with Crippen molar-refractivity contribution in [2.75, 3.05) is 6.61 Å². The van der Waals surface area contributed by atoms with Gasteiger partial charge in [0.25, 0.3) is 0 Å². The largest absolute Gasteiger partial charge is 0.494 e. The Morgan fingerprint density at radius 1 is 1.29 bits per heavy atom. The van der Waals surface area contributed by atoms with E-state index in [0.717, 1.165) is 28.6 Å². The molecule has 1 atom stereocenters. The van der Waals surface area contributed by atoms with Crippen LogP contribution in [0.2, 0.25) is 0 Å². The summed E-state index contributed by atoms with van der Waals surface area (Å²) in [4.78, 5) is 0. The maximum absolute atomic E-state index is 6.24. The third kappa shape index (κ3) is 4.68. The van der Waals surface area contributed by atoms with E-state index in [4.69, 9.17) is 10.5 Å². The Morgan fingerprint density at radius 2 is 2.00 bits per heavy atom. The summed E-state index contributed by atoms with van der Waals surface area (Å²) in [5.74, 6) is 1.59. The molecular formula is C14H22BrNO. The van der Waals surface area contributed by atoms with E-state index in [1.807, 2.05) is 19.1 Å². The van der Waals surface area contributed by atoms with Crippen LogP contribution in [0.4, 0.5) is 0 Å². The summed E-state index contributed by atoms with van der Waals surface area (Å²) in [5, 5.41) is 0. The Morgan fingerprint density at radius 3 is 2.59 bits per heavy atom. The number of rotatable bonds is 6. The number of benzene rings is 1. The summed E-state index contributed by atoms with van der Waals surface area (Å²) in [7, 11) is 0. The van der Waals surface area contributed by atoms with Crippen LogP contribution < -0.4 is 10.5 Å². The highest BCUT2D eigenvalue weighted by Gasteiger charge is 2.13. The number of hydrogen-bond donors (Lipinski definition) is 1. The van der Waals surface area contributed by atoms with E-state index in [0.29, 0.717) is 12.5 Å². The predicted octanol–water partition coefficient (Wildman–Crippen LogP) is 4.28. The van der Waals surface area contributed by atoms with Gasteiger partial charge in [-0.25, -0.2) is 0 Å². The highest BCUT2D eigenvalue weighted by atomic mass is 79.9. The highest BCUT2D eigenvalue weighted by molar-refractivity contribution is 9.10. The topological polar surface area (TPSA) is 35.2 Å². The molecule has 0 bridgehead atoms. The van der Waals surface area contributed by atoms with Gasteiger partial charge in [0.1, 0.15) is 5.75 Å². The van der Waals surface area contributed by atoms with Crippen LogP contribution in [0.5, 0.6) is 5.75 Å². The first kappa shape index (κ1) is 14.5. The molecule has 0 saturated heterocycles. The van der Waals surface area contributed by atoms with Gasteiger partial charge in [0.2, 0.25) is 0 Å². The quantitative estimate of drug-likeness (QED) is 0.851. The lowest BCUT2D eigenvalue weighted by Gasteiger charge is -2.17. The van der Waals surface area contributed by atoms with Crippen molar-refractivity contribution in [3.05, 3.63) is 28.2 Å². The highest BCUT2D eigenvalue weighted by Crippen LogP contribution is 2.30. The maximum atomic E-state index is 6.24. The van der Waals surface area contributed by atoms with Crippen molar-refractivity contribution >= 4 is 15.9 Å². The van der Waals surface area contributed by atoms with Crippen LogP contribution in [-0.2, 0) is 0 Å². The third-order valence-electron chi connectivity index (χ3n) is 2.73. The Balaban J connectivity index is 2.81. The van der Waals surface area contributed by atoms with Gasteiger partial charge in [0.15, 0.2) is 0 Å². The Bertz CT molecular complexity index is 352. The normalized spacial score (nSPS) is 12.8. The second-order valence-corrected chi connectivity index (χ2v) is 5.61. The van der Waals surface area contributed by atoms with E-state index in [9.17, 15) is 0 Å². The van der Waals surface area contributed by atoms with E-state index in [1.54, 1.807) is 0 Å². The first-order valence-electron chi connectivity index (χ1n) is 6.22. The molecule has 0 amide bonds. The molecule has 0 saturated carbocycles. The minimum absolute atomic E-state index is 0.0523. The Hall–Kier alpha value is -0.540. The molecular weight excluding hydrogens is 278 g/mol. The van der Waals surface area contributed by atoms with E-state index in [1.165, 1.54) is 0 Å². The van der Waals surface area contributed by atoms with Crippen molar-refractivity contribution in [1.29, 1.82) is 0 Å². The molecule has 2 nitrogen and oxygen atoms in total. The lowest BCUT2D eigenvalue weighted by Crippen LogP contribution is -2.13. The molecule has 0 unspecified atom stereocenters. The predicted molar refractivity (Wildman–Crippen MR) is 76.3 cm³/mol. The van der Waals surface area contributed by atoms with Crippen molar-refractivity contribution < 1.29 is 4.74 Å². The average molecular weight is 300 g/mol. The summed E-state index contributed by atoms with van der Waals surface area (Å²) >= 11 is 3.48. The van der Waals surface area contributed by atoms with Crippen molar-refractivity contribution in [3.63, 3.8) is 0 Å². The van der Waals surface area contributed by atoms with Gasteiger partial charge in [0, 0.05) is 16.1 Å². The van der Waals surface area contributed by atoms with Crippen LogP contribution in [0.15, 0.2) is 22.7 Å². The molecule has 3 heteroatoms. The standard InChI is InChI=1S/C14H22BrNO/c1-4-17-14-8-6-11(15)9-12(14)13(16)7-5-10(2)3/h6,8-10,13H,4-5,7,16H2,1-3H3/t13-/m0/s1. The maximum Gasteiger partial charge on any atom is 0.124 e. The molecule has 1 aromatic carbocycles. The lowest BCUT2D eigenvalue weighted by atomic mass is 9.98. The fraction of sp³-hybridized carbons (Fsp3) is 0.571.